The molecule has 7 heteroatoms. The molecule has 17 heavy (non-hydrogen) atoms. The van der Waals surface area contributed by atoms with E-state index in [1.54, 1.807) is 6.33 Å². The number of ether oxygens (including phenoxy) is 1. The molecule has 3 rings (SSSR count). The zero-order valence-electron chi connectivity index (χ0n) is 9.14. The monoisotopic (exact) mass is 253 g/mol. The minimum Gasteiger partial charge on any atom is -0.368 e. The van der Waals surface area contributed by atoms with Gasteiger partial charge in [-0.3, -0.25) is 4.57 Å². The van der Waals surface area contributed by atoms with E-state index in [0.717, 1.165) is 25.9 Å². The van der Waals surface area contributed by atoms with E-state index >= 15 is 0 Å². The Morgan fingerprint density at radius 3 is 3.06 bits per heavy atom. The Balaban J connectivity index is 2.10. The molecule has 1 aliphatic rings. The Hall–Kier alpha value is -1.40. The number of imidazole rings is 1. The van der Waals surface area contributed by atoms with Crippen LogP contribution >= 0.6 is 11.6 Å². The number of fused-ring (bicyclic) bond motifs is 1. The van der Waals surface area contributed by atoms with Crippen molar-refractivity contribution in [3.8, 4) is 0 Å². The second-order valence-corrected chi connectivity index (χ2v) is 4.38. The first-order valence-electron chi connectivity index (χ1n) is 5.53. The van der Waals surface area contributed by atoms with E-state index in [-0.39, 0.29) is 17.3 Å². The molecule has 1 fully saturated rings. The lowest BCUT2D eigenvalue weighted by Gasteiger charge is -2.23. The van der Waals surface area contributed by atoms with Gasteiger partial charge in [0.15, 0.2) is 10.8 Å². The van der Waals surface area contributed by atoms with Gasteiger partial charge < -0.3 is 10.5 Å². The van der Waals surface area contributed by atoms with Gasteiger partial charge in [0.1, 0.15) is 11.7 Å². The first-order valence-corrected chi connectivity index (χ1v) is 5.90. The lowest BCUT2D eigenvalue weighted by Crippen LogP contribution is -2.17. The van der Waals surface area contributed by atoms with Crippen LogP contribution in [0.15, 0.2) is 6.33 Å². The normalized spacial score (nSPS) is 20.9. The molecule has 2 aromatic heterocycles. The molecule has 1 aliphatic heterocycles. The summed E-state index contributed by atoms with van der Waals surface area (Å²) < 4.78 is 7.56. The maximum absolute atomic E-state index is 5.97. The van der Waals surface area contributed by atoms with E-state index in [1.807, 2.05) is 4.57 Å². The Morgan fingerprint density at radius 2 is 2.29 bits per heavy atom. The second kappa shape index (κ2) is 4.12. The van der Waals surface area contributed by atoms with Gasteiger partial charge >= 0.3 is 0 Å². The van der Waals surface area contributed by atoms with Crippen LogP contribution in [0.25, 0.3) is 11.2 Å². The SMILES string of the molecule is Nc1nc(Cl)c2ncn(C3CCCCO3)c2n1. The molecule has 0 bridgehead atoms. The van der Waals surface area contributed by atoms with Crippen LogP contribution in [-0.4, -0.2) is 26.1 Å². The lowest BCUT2D eigenvalue weighted by atomic mass is 10.2. The summed E-state index contributed by atoms with van der Waals surface area (Å²) in [4.78, 5) is 12.3. The van der Waals surface area contributed by atoms with Crippen molar-refractivity contribution < 1.29 is 4.74 Å². The van der Waals surface area contributed by atoms with Crippen molar-refractivity contribution in [2.24, 2.45) is 0 Å². The van der Waals surface area contributed by atoms with Crippen LogP contribution in [0.2, 0.25) is 5.15 Å². The molecule has 0 radical (unpaired) electrons. The van der Waals surface area contributed by atoms with Gasteiger partial charge in [-0.1, -0.05) is 11.6 Å². The Bertz CT molecular complexity index is 549. The van der Waals surface area contributed by atoms with Crippen LogP contribution in [0.1, 0.15) is 25.5 Å². The highest BCUT2D eigenvalue weighted by Crippen LogP contribution is 2.27. The molecule has 1 unspecified atom stereocenters. The molecule has 1 saturated heterocycles. The number of hydrogen-bond acceptors (Lipinski definition) is 5. The molecule has 0 aliphatic carbocycles. The maximum atomic E-state index is 5.97. The molecule has 2 aromatic rings. The Morgan fingerprint density at radius 1 is 1.41 bits per heavy atom. The fourth-order valence-electron chi connectivity index (χ4n) is 2.05. The summed E-state index contributed by atoms with van der Waals surface area (Å²) in [5.74, 6) is 0.153. The Kier molecular flexibility index (Phi) is 2.60. The van der Waals surface area contributed by atoms with E-state index in [2.05, 4.69) is 15.0 Å². The van der Waals surface area contributed by atoms with E-state index in [4.69, 9.17) is 22.1 Å². The predicted octanol–water partition coefficient (Wildman–Crippen LogP) is 1.76. The molecule has 0 amide bonds. The zero-order valence-corrected chi connectivity index (χ0v) is 9.89. The maximum Gasteiger partial charge on any atom is 0.223 e. The van der Waals surface area contributed by atoms with Crippen LogP contribution in [0.5, 0.6) is 0 Å². The minimum absolute atomic E-state index is 0.0286. The molecule has 1 atom stereocenters. The Labute approximate surface area is 103 Å². The fraction of sp³-hybridized carbons (Fsp3) is 0.500. The number of nitrogen functional groups attached to an aromatic ring is 1. The van der Waals surface area contributed by atoms with Crippen LogP contribution < -0.4 is 5.73 Å². The van der Waals surface area contributed by atoms with Gasteiger partial charge in [0.05, 0.1) is 6.33 Å². The van der Waals surface area contributed by atoms with Gasteiger partial charge in [0.2, 0.25) is 5.95 Å². The summed E-state index contributed by atoms with van der Waals surface area (Å²) in [5.41, 5.74) is 6.79. The number of rotatable bonds is 1. The van der Waals surface area contributed by atoms with Gasteiger partial charge in [-0.05, 0) is 19.3 Å². The predicted molar refractivity (Wildman–Crippen MR) is 63.6 cm³/mol. The minimum atomic E-state index is -0.0286. The van der Waals surface area contributed by atoms with Crippen molar-refractivity contribution in [2.75, 3.05) is 12.3 Å². The van der Waals surface area contributed by atoms with Gasteiger partial charge in [-0.2, -0.15) is 9.97 Å². The third-order valence-corrected chi connectivity index (χ3v) is 3.13. The third-order valence-electron chi connectivity index (χ3n) is 2.86. The molecule has 0 saturated carbocycles. The molecule has 6 nitrogen and oxygen atoms in total. The van der Waals surface area contributed by atoms with Gasteiger partial charge in [0, 0.05) is 6.61 Å². The highest BCUT2D eigenvalue weighted by molar-refractivity contribution is 6.33. The number of nitrogens with two attached hydrogens (primary N) is 1. The highest BCUT2D eigenvalue weighted by Gasteiger charge is 2.20. The average Bonchev–Trinajstić information content (AvgIpc) is 2.74. The van der Waals surface area contributed by atoms with Crippen molar-refractivity contribution in [3.05, 3.63) is 11.5 Å². The third kappa shape index (κ3) is 1.83. The molecule has 2 N–H and O–H groups in total. The van der Waals surface area contributed by atoms with Gasteiger partial charge in [0.25, 0.3) is 0 Å². The van der Waals surface area contributed by atoms with Crippen LogP contribution in [0, 0.1) is 0 Å². The summed E-state index contributed by atoms with van der Waals surface area (Å²) in [7, 11) is 0. The van der Waals surface area contributed by atoms with Gasteiger partial charge in [-0.25, -0.2) is 4.98 Å². The summed E-state index contributed by atoms with van der Waals surface area (Å²) in [6.45, 7) is 0.763. The molecule has 90 valence electrons. The van der Waals surface area contributed by atoms with Crippen molar-refractivity contribution >= 4 is 28.7 Å². The quantitative estimate of drug-likeness (QED) is 0.784. The van der Waals surface area contributed by atoms with Crippen molar-refractivity contribution in [1.82, 2.24) is 19.5 Å². The average molecular weight is 254 g/mol. The molecular weight excluding hydrogens is 242 g/mol. The lowest BCUT2D eigenvalue weighted by molar-refractivity contribution is -0.0298. The number of halogens is 1. The zero-order chi connectivity index (χ0) is 11.8. The highest BCUT2D eigenvalue weighted by atomic mass is 35.5. The van der Waals surface area contributed by atoms with Crippen molar-refractivity contribution in [2.45, 2.75) is 25.5 Å². The van der Waals surface area contributed by atoms with Crippen LogP contribution in [0.4, 0.5) is 5.95 Å². The molecule has 0 spiro atoms. The van der Waals surface area contributed by atoms with E-state index < -0.39 is 0 Å². The molecule has 0 aromatic carbocycles. The van der Waals surface area contributed by atoms with Crippen molar-refractivity contribution in [1.29, 1.82) is 0 Å². The number of hydrogen-bond donors (Lipinski definition) is 1. The first kappa shape index (κ1) is 10.7. The fourth-order valence-corrected chi connectivity index (χ4v) is 2.27. The summed E-state index contributed by atoms with van der Waals surface area (Å²) in [5, 5.41) is 0.280. The summed E-state index contributed by atoms with van der Waals surface area (Å²) in [6, 6.07) is 0. The van der Waals surface area contributed by atoms with E-state index in [9.17, 15) is 0 Å². The first-order chi connectivity index (χ1) is 8.25. The summed E-state index contributed by atoms with van der Waals surface area (Å²) in [6.07, 6.45) is 4.84. The number of anilines is 1. The number of nitrogens with zero attached hydrogens (tertiary/aromatic N) is 4. The van der Waals surface area contributed by atoms with Crippen LogP contribution in [0.3, 0.4) is 0 Å². The molecular formula is C10H12ClN5O. The topological polar surface area (TPSA) is 78.8 Å². The van der Waals surface area contributed by atoms with Gasteiger partial charge in [-0.15, -0.1) is 0 Å². The van der Waals surface area contributed by atoms with E-state index in [0.29, 0.717) is 11.2 Å². The second-order valence-electron chi connectivity index (χ2n) is 4.02. The van der Waals surface area contributed by atoms with Crippen molar-refractivity contribution in [3.63, 3.8) is 0 Å². The molecule has 3 heterocycles. The largest absolute Gasteiger partial charge is 0.368 e. The standard InChI is InChI=1S/C10H12ClN5O/c11-8-7-9(15-10(12)14-8)16(5-13-7)6-3-1-2-4-17-6/h5-6H,1-4H2,(H2,12,14,15). The van der Waals surface area contributed by atoms with Crippen LogP contribution in [-0.2, 0) is 4.74 Å². The summed E-state index contributed by atoms with van der Waals surface area (Å²) >= 11 is 5.97. The number of aromatic nitrogens is 4. The van der Waals surface area contributed by atoms with E-state index in [1.165, 1.54) is 0 Å². The smallest absolute Gasteiger partial charge is 0.223 e.